The monoisotopic (exact) mass is 346 g/mol. The third-order valence-electron chi connectivity index (χ3n) is 3.56. The molecule has 1 aliphatic heterocycles. The maximum atomic E-state index is 13.3. The Bertz CT molecular complexity index is 593. The second-order valence-electron chi connectivity index (χ2n) is 5.84. The van der Waals surface area contributed by atoms with E-state index in [2.05, 4.69) is 0 Å². The average Bonchev–Trinajstić information content (AvgIpc) is 2.63. The number of rotatable bonds is 5. The number of thioether (sulfide) groups is 1. The lowest BCUT2D eigenvalue weighted by Gasteiger charge is -2.30. The predicted molar refractivity (Wildman–Crippen MR) is 90.0 cm³/mol. The summed E-state index contributed by atoms with van der Waals surface area (Å²) >= 11 is 1.80. The van der Waals surface area contributed by atoms with Gasteiger partial charge in [0.1, 0.15) is 5.82 Å². The lowest BCUT2D eigenvalue weighted by atomic mass is 10.2. The van der Waals surface area contributed by atoms with Crippen LogP contribution in [0.1, 0.15) is 12.0 Å². The number of hydrogen-bond donors (Lipinski definition) is 0. The largest absolute Gasteiger partial charge is 0.308 e. The molecule has 0 unspecified atom stereocenters. The summed E-state index contributed by atoms with van der Waals surface area (Å²) in [7, 11) is 0.458. The molecular weight excluding hydrogens is 323 g/mol. The summed E-state index contributed by atoms with van der Waals surface area (Å²) in [6, 6.07) is 5.81. The molecule has 0 spiro atoms. The number of halogens is 1. The minimum atomic E-state index is -3.44. The first kappa shape index (κ1) is 17.7. The zero-order chi connectivity index (χ0) is 16.2. The van der Waals surface area contributed by atoms with E-state index in [1.54, 1.807) is 28.2 Å². The van der Waals surface area contributed by atoms with E-state index in [9.17, 15) is 12.8 Å². The molecule has 1 aliphatic rings. The normalized spacial score (nSPS) is 21.0. The molecule has 0 bridgehead atoms. The van der Waals surface area contributed by atoms with E-state index in [4.69, 9.17) is 0 Å². The van der Waals surface area contributed by atoms with Crippen molar-refractivity contribution in [3.63, 3.8) is 0 Å². The van der Waals surface area contributed by atoms with E-state index in [1.807, 2.05) is 19.0 Å². The van der Waals surface area contributed by atoms with Crippen LogP contribution in [-0.4, -0.2) is 62.4 Å². The van der Waals surface area contributed by atoms with Gasteiger partial charge in [0.25, 0.3) is 0 Å². The highest BCUT2D eigenvalue weighted by Gasteiger charge is 2.31. The van der Waals surface area contributed by atoms with E-state index in [1.165, 1.54) is 12.1 Å². The summed E-state index contributed by atoms with van der Waals surface area (Å²) in [5, 5.41) is 0. The van der Waals surface area contributed by atoms with Gasteiger partial charge in [0.05, 0.1) is 5.75 Å². The summed E-state index contributed by atoms with van der Waals surface area (Å²) < 4.78 is 40.5. The zero-order valence-electron chi connectivity index (χ0n) is 13.0. The van der Waals surface area contributed by atoms with Crippen molar-refractivity contribution in [2.45, 2.75) is 18.2 Å². The number of nitrogens with zero attached hydrogens (tertiary/aromatic N) is 2. The fraction of sp³-hybridized carbons (Fsp3) is 0.600. The van der Waals surface area contributed by atoms with Crippen LogP contribution < -0.4 is 0 Å². The number of hydrogen-bond acceptors (Lipinski definition) is 4. The Morgan fingerprint density at radius 2 is 2.18 bits per heavy atom. The van der Waals surface area contributed by atoms with Crippen molar-refractivity contribution in [2.24, 2.45) is 0 Å². The smallest absolute Gasteiger partial charge is 0.218 e. The van der Waals surface area contributed by atoms with Gasteiger partial charge >= 0.3 is 0 Å². The van der Waals surface area contributed by atoms with Gasteiger partial charge in [-0.05, 0) is 44.0 Å². The van der Waals surface area contributed by atoms with Crippen molar-refractivity contribution >= 4 is 21.8 Å². The summed E-state index contributed by atoms with van der Waals surface area (Å²) in [6.07, 6.45) is 0.858. The van der Waals surface area contributed by atoms with Gasteiger partial charge in [-0.25, -0.2) is 12.8 Å². The molecule has 7 heteroatoms. The quantitative estimate of drug-likeness (QED) is 0.818. The van der Waals surface area contributed by atoms with Gasteiger partial charge in [-0.1, -0.05) is 12.1 Å². The standard InChI is InChI=1S/C15H23FN2O2S2/c1-17(2)10-15-11-21-8-4-7-18(15)22(19,20)12-13-5-3-6-14(16)9-13/h3,5-6,9,15H,4,7-8,10-12H2,1-2H3/t15-/m1/s1. The summed E-state index contributed by atoms with van der Waals surface area (Å²) in [5.41, 5.74) is 0.500. The van der Waals surface area contributed by atoms with Crippen molar-refractivity contribution in [1.29, 1.82) is 0 Å². The van der Waals surface area contributed by atoms with Crippen LogP contribution in [0.5, 0.6) is 0 Å². The van der Waals surface area contributed by atoms with Crippen LogP contribution in [0.15, 0.2) is 24.3 Å². The van der Waals surface area contributed by atoms with Crippen LogP contribution in [0.25, 0.3) is 0 Å². The fourth-order valence-corrected chi connectivity index (χ4v) is 5.58. The van der Waals surface area contributed by atoms with Crippen molar-refractivity contribution < 1.29 is 12.8 Å². The lowest BCUT2D eigenvalue weighted by molar-refractivity contribution is 0.271. The van der Waals surface area contributed by atoms with E-state index in [0.29, 0.717) is 18.7 Å². The first-order valence-electron chi connectivity index (χ1n) is 7.35. The number of likely N-dealkylation sites (N-methyl/N-ethyl adjacent to an activating group) is 1. The molecule has 0 saturated carbocycles. The fourth-order valence-electron chi connectivity index (χ4n) is 2.66. The van der Waals surface area contributed by atoms with Gasteiger partial charge in [0, 0.05) is 24.9 Å². The SMILES string of the molecule is CN(C)C[C@@H]1CSCCCN1S(=O)(=O)Cc1cccc(F)c1. The predicted octanol–water partition coefficient (Wildman–Crippen LogP) is 2.02. The number of sulfonamides is 1. The first-order valence-corrected chi connectivity index (χ1v) is 10.1. The van der Waals surface area contributed by atoms with Crippen molar-refractivity contribution in [1.82, 2.24) is 9.21 Å². The molecule has 124 valence electrons. The lowest BCUT2D eigenvalue weighted by Crippen LogP contribution is -2.47. The Morgan fingerprint density at radius 3 is 2.86 bits per heavy atom. The minimum absolute atomic E-state index is 0.0268. The van der Waals surface area contributed by atoms with Crippen LogP contribution in [0.3, 0.4) is 0 Å². The van der Waals surface area contributed by atoms with Crippen LogP contribution in [0.4, 0.5) is 4.39 Å². The highest BCUT2D eigenvalue weighted by atomic mass is 32.2. The van der Waals surface area contributed by atoms with Crippen molar-refractivity contribution in [3.05, 3.63) is 35.6 Å². The zero-order valence-corrected chi connectivity index (χ0v) is 14.7. The Morgan fingerprint density at radius 1 is 1.41 bits per heavy atom. The van der Waals surface area contributed by atoms with Gasteiger partial charge in [0.15, 0.2) is 0 Å². The minimum Gasteiger partial charge on any atom is -0.308 e. The van der Waals surface area contributed by atoms with E-state index >= 15 is 0 Å². The molecule has 1 fully saturated rings. The molecule has 1 heterocycles. The highest BCUT2D eigenvalue weighted by Crippen LogP contribution is 2.22. The molecule has 0 amide bonds. The topological polar surface area (TPSA) is 40.6 Å². The summed E-state index contributed by atoms with van der Waals surface area (Å²) in [5.74, 6) is 1.25. The second-order valence-corrected chi connectivity index (χ2v) is 8.91. The molecule has 1 atom stereocenters. The van der Waals surface area contributed by atoms with E-state index in [-0.39, 0.29) is 11.8 Å². The van der Waals surface area contributed by atoms with Gasteiger partial charge in [-0.2, -0.15) is 16.1 Å². The van der Waals surface area contributed by atoms with Gasteiger partial charge in [0.2, 0.25) is 10.0 Å². The molecule has 0 aliphatic carbocycles. The highest BCUT2D eigenvalue weighted by molar-refractivity contribution is 7.99. The molecule has 22 heavy (non-hydrogen) atoms. The van der Waals surface area contributed by atoms with Gasteiger partial charge in [-0.3, -0.25) is 0 Å². The van der Waals surface area contributed by atoms with E-state index < -0.39 is 15.8 Å². The Kier molecular flexibility index (Phi) is 6.26. The molecule has 0 aromatic heterocycles. The second kappa shape index (κ2) is 7.77. The van der Waals surface area contributed by atoms with Gasteiger partial charge < -0.3 is 4.90 Å². The average molecular weight is 346 g/mol. The molecule has 1 saturated heterocycles. The molecule has 0 radical (unpaired) electrons. The first-order chi connectivity index (χ1) is 10.4. The van der Waals surface area contributed by atoms with Gasteiger partial charge in [-0.15, -0.1) is 0 Å². The third-order valence-corrected chi connectivity index (χ3v) is 6.65. The number of benzene rings is 1. The Labute approximate surface area is 136 Å². The maximum absolute atomic E-state index is 13.3. The molecular formula is C15H23FN2O2S2. The van der Waals surface area contributed by atoms with Crippen LogP contribution in [0.2, 0.25) is 0 Å². The van der Waals surface area contributed by atoms with E-state index in [0.717, 1.165) is 17.9 Å². The molecule has 1 aromatic carbocycles. The van der Waals surface area contributed by atoms with Crippen molar-refractivity contribution in [2.75, 3.05) is 38.7 Å². The molecule has 4 nitrogen and oxygen atoms in total. The van der Waals surface area contributed by atoms with Crippen LogP contribution in [-0.2, 0) is 15.8 Å². The Balaban J connectivity index is 2.20. The summed E-state index contributed by atoms with van der Waals surface area (Å²) in [4.78, 5) is 2.02. The molecule has 1 aromatic rings. The van der Waals surface area contributed by atoms with Crippen LogP contribution in [0, 0.1) is 5.82 Å². The summed E-state index contributed by atoms with van der Waals surface area (Å²) in [6.45, 7) is 1.25. The maximum Gasteiger partial charge on any atom is 0.218 e. The van der Waals surface area contributed by atoms with Crippen LogP contribution >= 0.6 is 11.8 Å². The third kappa shape index (κ3) is 4.94. The Hall–Kier alpha value is -0.630. The molecule has 2 rings (SSSR count). The van der Waals surface area contributed by atoms with Crippen molar-refractivity contribution in [3.8, 4) is 0 Å². The molecule has 0 N–H and O–H groups in total.